The van der Waals surface area contributed by atoms with Crippen LogP contribution in [0.1, 0.15) is 16.8 Å². The largest absolute Gasteiger partial charge is 0.339 e. The van der Waals surface area contributed by atoms with Crippen molar-refractivity contribution in [1.82, 2.24) is 14.8 Å². The minimum absolute atomic E-state index is 0.0675. The van der Waals surface area contributed by atoms with Crippen LogP contribution < -0.4 is 5.32 Å². The van der Waals surface area contributed by atoms with Gasteiger partial charge in [-0.2, -0.15) is 0 Å². The van der Waals surface area contributed by atoms with Gasteiger partial charge >= 0.3 is 0 Å². The lowest BCUT2D eigenvalue weighted by molar-refractivity contribution is -0.135. The van der Waals surface area contributed by atoms with Crippen LogP contribution in [-0.2, 0) is 9.59 Å². The first kappa shape index (κ1) is 22.7. The zero-order chi connectivity index (χ0) is 23.2. The number of carbonyl (C=O) groups excluding carboxylic acids is 3. The van der Waals surface area contributed by atoms with Crippen molar-refractivity contribution in [2.24, 2.45) is 0 Å². The number of halogens is 1. The third kappa shape index (κ3) is 5.64. The summed E-state index contributed by atoms with van der Waals surface area (Å²) in [5.41, 5.74) is 3.21. The molecule has 0 spiro atoms. The smallest absolute Gasteiger partial charge is 0.255 e. The summed E-state index contributed by atoms with van der Waals surface area (Å²) in [5, 5.41) is 2.77. The maximum Gasteiger partial charge on any atom is 0.255 e. The summed E-state index contributed by atoms with van der Waals surface area (Å²) in [7, 11) is 0. The molecule has 1 aromatic heterocycles. The van der Waals surface area contributed by atoms with Gasteiger partial charge in [-0.25, -0.2) is 0 Å². The number of piperazine rings is 1. The fraction of sp³-hybridized carbons (Fsp3) is 0.200. The van der Waals surface area contributed by atoms with E-state index >= 15 is 0 Å². The molecule has 3 aromatic rings. The van der Waals surface area contributed by atoms with E-state index in [-0.39, 0.29) is 24.1 Å². The maximum atomic E-state index is 12.7. The van der Waals surface area contributed by atoms with E-state index in [1.165, 1.54) is 0 Å². The van der Waals surface area contributed by atoms with Gasteiger partial charge in [-0.3, -0.25) is 19.4 Å². The van der Waals surface area contributed by atoms with E-state index in [0.29, 0.717) is 37.4 Å². The molecule has 2 heterocycles. The number of pyridine rings is 1. The second kappa shape index (κ2) is 10.4. The molecule has 2 aromatic carbocycles. The number of rotatable bonds is 5. The Morgan fingerprint density at radius 2 is 1.55 bits per heavy atom. The van der Waals surface area contributed by atoms with E-state index in [9.17, 15) is 14.4 Å². The molecular weight excluding hydrogens is 484 g/mol. The van der Waals surface area contributed by atoms with Gasteiger partial charge in [0.05, 0.1) is 5.56 Å². The monoisotopic (exact) mass is 506 g/mol. The lowest BCUT2D eigenvalue weighted by Gasteiger charge is -2.35. The summed E-state index contributed by atoms with van der Waals surface area (Å²) in [4.78, 5) is 45.2. The quantitative estimate of drug-likeness (QED) is 0.533. The van der Waals surface area contributed by atoms with Crippen LogP contribution in [-0.4, -0.2) is 58.7 Å². The molecule has 0 radical (unpaired) electrons. The number of aromatic nitrogens is 1. The van der Waals surface area contributed by atoms with Crippen molar-refractivity contribution in [3.63, 3.8) is 0 Å². The van der Waals surface area contributed by atoms with Crippen LogP contribution in [0.5, 0.6) is 0 Å². The minimum atomic E-state index is -0.360. The highest BCUT2D eigenvalue weighted by Crippen LogP contribution is 2.21. The Morgan fingerprint density at radius 1 is 0.848 bits per heavy atom. The molecule has 1 aliphatic rings. The van der Waals surface area contributed by atoms with Crippen LogP contribution in [0, 0.1) is 0 Å². The molecular formula is C25H23BrN4O3. The summed E-state index contributed by atoms with van der Waals surface area (Å²) in [6, 6.07) is 18.5. The van der Waals surface area contributed by atoms with E-state index in [4.69, 9.17) is 0 Å². The van der Waals surface area contributed by atoms with Crippen LogP contribution >= 0.6 is 15.9 Å². The van der Waals surface area contributed by atoms with Gasteiger partial charge in [0.25, 0.3) is 5.91 Å². The van der Waals surface area contributed by atoms with E-state index in [2.05, 4.69) is 26.2 Å². The first-order chi connectivity index (χ1) is 16.0. The predicted molar refractivity (Wildman–Crippen MR) is 130 cm³/mol. The Kier molecular flexibility index (Phi) is 7.14. The summed E-state index contributed by atoms with van der Waals surface area (Å²) in [5.74, 6) is -0.671. The Hall–Kier alpha value is -3.52. The third-order valence-electron chi connectivity index (χ3n) is 5.50. The number of hydrogen-bond donors (Lipinski definition) is 1. The van der Waals surface area contributed by atoms with Crippen LogP contribution in [0.15, 0.2) is 77.5 Å². The van der Waals surface area contributed by atoms with Gasteiger partial charge in [-0.05, 0) is 57.4 Å². The summed E-state index contributed by atoms with van der Waals surface area (Å²) >= 11 is 3.41. The van der Waals surface area contributed by atoms with Crippen molar-refractivity contribution in [3.8, 4) is 11.1 Å². The molecule has 0 atom stereocenters. The van der Waals surface area contributed by atoms with Gasteiger partial charge in [-0.1, -0.05) is 30.3 Å². The fourth-order valence-electron chi connectivity index (χ4n) is 3.70. The minimum Gasteiger partial charge on any atom is -0.339 e. The van der Waals surface area contributed by atoms with Crippen molar-refractivity contribution in [2.45, 2.75) is 6.42 Å². The number of nitrogens with one attached hydrogen (secondary N) is 1. The van der Waals surface area contributed by atoms with E-state index < -0.39 is 0 Å². The number of hydrogen-bond acceptors (Lipinski definition) is 4. The summed E-state index contributed by atoms with van der Waals surface area (Å²) in [6.07, 6.45) is 3.26. The van der Waals surface area contributed by atoms with Crippen molar-refractivity contribution >= 4 is 39.3 Å². The molecule has 1 fully saturated rings. The molecule has 1 N–H and O–H groups in total. The van der Waals surface area contributed by atoms with Gasteiger partial charge in [0.2, 0.25) is 11.8 Å². The highest BCUT2D eigenvalue weighted by atomic mass is 79.9. The molecule has 0 bridgehead atoms. The van der Waals surface area contributed by atoms with Gasteiger partial charge < -0.3 is 15.1 Å². The molecule has 3 amide bonds. The molecule has 4 rings (SSSR count). The average Bonchev–Trinajstić information content (AvgIpc) is 2.85. The number of amides is 3. The van der Waals surface area contributed by atoms with Crippen LogP contribution in [0.4, 0.5) is 5.69 Å². The van der Waals surface area contributed by atoms with Crippen LogP contribution in [0.25, 0.3) is 11.1 Å². The Morgan fingerprint density at radius 3 is 2.21 bits per heavy atom. The summed E-state index contributed by atoms with van der Waals surface area (Å²) in [6.45, 7) is 1.68. The van der Waals surface area contributed by atoms with Gasteiger partial charge in [0.15, 0.2) is 0 Å². The Bertz CT molecular complexity index is 1140. The second-order valence-electron chi connectivity index (χ2n) is 7.70. The van der Waals surface area contributed by atoms with Gasteiger partial charge in [0, 0.05) is 48.7 Å². The highest BCUT2D eigenvalue weighted by molar-refractivity contribution is 9.10. The van der Waals surface area contributed by atoms with E-state index in [1.807, 2.05) is 42.5 Å². The predicted octanol–water partition coefficient (Wildman–Crippen LogP) is 3.82. The number of benzene rings is 2. The maximum absolute atomic E-state index is 12.7. The average molecular weight is 507 g/mol. The number of carbonyl (C=O) groups is 3. The standard InChI is InChI=1S/C25H23BrN4O3/c26-22-6-2-1-5-21(22)25(33)30-14-12-29(13-15-30)24(32)16-23(31)28-20-9-7-18(8-10-20)19-4-3-11-27-17-19/h1-11,17H,12-16H2,(H,28,31). The third-order valence-corrected chi connectivity index (χ3v) is 6.19. The summed E-state index contributed by atoms with van der Waals surface area (Å²) < 4.78 is 0.749. The Labute approximate surface area is 200 Å². The van der Waals surface area contributed by atoms with Crippen molar-refractivity contribution in [1.29, 1.82) is 0 Å². The molecule has 1 saturated heterocycles. The highest BCUT2D eigenvalue weighted by Gasteiger charge is 2.26. The lowest BCUT2D eigenvalue weighted by Crippen LogP contribution is -2.51. The van der Waals surface area contributed by atoms with Gasteiger partial charge in [0.1, 0.15) is 6.42 Å². The molecule has 1 aliphatic heterocycles. The van der Waals surface area contributed by atoms with Crippen LogP contribution in [0.2, 0.25) is 0 Å². The zero-order valence-electron chi connectivity index (χ0n) is 17.9. The van der Waals surface area contributed by atoms with E-state index in [1.54, 1.807) is 40.4 Å². The van der Waals surface area contributed by atoms with Crippen molar-refractivity contribution in [3.05, 3.63) is 83.1 Å². The van der Waals surface area contributed by atoms with Crippen LogP contribution in [0.3, 0.4) is 0 Å². The molecule has 8 heteroatoms. The van der Waals surface area contributed by atoms with Crippen molar-refractivity contribution in [2.75, 3.05) is 31.5 Å². The number of nitrogens with zero attached hydrogens (tertiary/aromatic N) is 3. The topological polar surface area (TPSA) is 82.6 Å². The number of anilines is 1. The first-order valence-electron chi connectivity index (χ1n) is 10.6. The molecule has 0 unspecified atom stereocenters. The molecule has 33 heavy (non-hydrogen) atoms. The fourth-order valence-corrected chi connectivity index (χ4v) is 4.15. The SMILES string of the molecule is O=C(CC(=O)N1CCN(C(=O)c2ccccc2Br)CC1)Nc1ccc(-c2cccnc2)cc1. The molecule has 168 valence electrons. The van der Waals surface area contributed by atoms with E-state index in [0.717, 1.165) is 15.6 Å². The molecule has 0 saturated carbocycles. The van der Waals surface area contributed by atoms with Gasteiger partial charge in [-0.15, -0.1) is 0 Å². The molecule has 7 nitrogen and oxygen atoms in total. The lowest BCUT2D eigenvalue weighted by atomic mass is 10.1. The molecule has 0 aliphatic carbocycles. The second-order valence-corrected chi connectivity index (χ2v) is 8.55. The zero-order valence-corrected chi connectivity index (χ0v) is 19.5. The first-order valence-corrected chi connectivity index (χ1v) is 11.4. The normalized spacial score (nSPS) is 13.5. The van der Waals surface area contributed by atoms with Crippen molar-refractivity contribution < 1.29 is 14.4 Å². The Balaban J connectivity index is 1.26.